The monoisotopic (exact) mass is 226 g/mol. The topological polar surface area (TPSA) is 33.4 Å². The van der Waals surface area contributed by atoms with Crippen molar-refractivity contribution in [3.63, 3.8) is 0 Å². The van der Waals surface area contributed by atoms with E-state index in [-0.39, 0.29) is 11.0 Å². The molecular formula is C11H8ClFO2. The average molecular weight is 227 g/mol. The molecule has 1 aromatic carbocycles. The van der Waals surface area contributed by atoms with Gasteiger partial charge >= 0.3 is 0 Å². The van der Waals surface area contributed by atoms with Gasteiger partial charge in [0.05, 0.1) is 0 Å². The number of hydrogen-bond donors (Lipinski definition) is 1. The minimum Gasteiger partial charge on any atom is -0.447 e. The maximum absolute atomic E-state index is 12.6. The summed E-state index contributed by atoms with van der Waals surface area (Å²) in [6, 6.07) is 8.68. The van der Waals surface area contributed by atoms with Gasteiger partial charge in [-0.05, 0) is 41.4 Å². The summed E-state index contributed by atoms with van der Waals surface area (Å²) in [4.78, 5) is 0. The van der Waals surface area contributed by atoms with E-state index in [1.807, 2.05) is 0 Å². The zero-order valence-electron chi connectivity index (χ0n) is 7.65. The number of halogens is 2. The smallest absolute Gasteiger partial charge is 0.193 e. The second-order valence-corrected chi connectivity index (χ2v) is 3.47. The second kappa shape index (κ2) is 4.04. The molecule has 1 aromatic heterocycles. The van der Waals surface area contributed by atoms with Crippen molar-refractivity contribution < 1.29 is 13.9 Å². The van der Waals surface area contributed by atoms with Crippen molar-refractivity contribution in [1.29, 1.82) is 0 Å². The Kier molecular flexibility index (Phi) is 2.75. The van der Waals surface area contributed by atoms with Gasteiger partial charge in [-0.1, -0.05) is 12.1 Å². The van der Waals surface area contributed by atoms with Crippen LogP contribution in [0.4, 0.5) is 4.39 Å². The molecule has 0 bridgehead atoms. The molecule has 15 heavy (non-hydrogen) atoms. The van der Waals surface area contributed by atoms with Gasteiger partial charge in [-0.3, -0.25) is 0 Å². The zero-order valence-corrected chi connectivity index (χ0v) is 8.41. The molecule has 1 heterocycles. The van der Waals surface area contributed by atoms with E-state index in [0.717, 1.165) is 0 Å². The van der Waals surface area contributed by atoms with Crippen molar-refractivity contribution in [2.75, 3.05) is 0 Å². The van der Waals surface area contributed by atoms with E-state index in [1.165, 1.54) is 24.3 Å². The first-order chi connectivity index (χ1) is 7.16. The van der Waals surface area contributed by atoms with Crippen LogP contribution in [0.25, 0.3) is 0 Å². The van der Waals surface area contributed by atoms with E-state index < -0.39 is 6.10 Å². The van der Waals surface area contributed by atoms with Crippen molar-refractivity contribution in [2.45, 2.75) is 6.10 Å². The molecule has 2 rings (SSSR count). The fourth-order valence-corrected chi connectivity index (χ4v) is 1.44. The molecule has 0 saturated carbocycles. The molecule has 0 saturated heterocycles. The van der Waals surface area contributed by atoms with Gasteiger partial charge in [-0.25, -0.2) is 4.39 Å². The molecule has 1 atom stereocenters. The molecule has 1 unspecified atom stereocenters. The van der Waals surface area contributed by atoms with Gasteiger partial charge in [0.2, 0.25) is 0 Å². The Morgan fingerprint density at radius 3 is 2.33 bits per heavy atom. The molecule has 0 aliphatic heterocycles. The van der Waals surface area contributed by atoms with Crippen LogP contribution >= 0.6 is 11.6 Å². The van der Waals surface area contributed by atoms with Crippen molar-refractivity contribution in [3.8, 4) is 0 Å². The van der Waals surface area contributed by atoms with Crippen LogP contribution in [0.1, 0.15) is 17.4 Å². The number of hydrogen-bond acceptors (Lipinski definition) is 2. The number of rotatable bonds is 2. The van der Waals surface area contributed by atoms with Crippen LogP contribution in [0.15, 0.2) is 40.8 Å². The first-order valence-electron chi connectivity index (χ1n) is 4.35. The molecule has 0 amide bonds. The van der Waals surface area contributed by atoms with Gasteiger partial charge in [0.15, 0.2) is 5.22 Å². The van der Waals surface area contributed by atoms with Crippen LogP contribution in [-0.4, -0.2) is 5.11 Å². The van der Waals surface area contributed by atoms with Crippen LogP contribution in [0.2, 0.25) is 5.22 Å². The summed E-state index contributed by atoms with van der Waals surface area (Å²) in [7, 11) is 0. The minimum absolute atomic E-state index is 0.214. The standard InChI is InChI=1S/C11H8ClFO2/c12-10-6-5-9(15-10)11(14)7-1-3-8(13)4-2-7/h1-6,11,14H. The number of furan rings is 1. The lowest BCUT2D eigenvalue weighted by atomic mass is 10.1. The Hall–Kier alpha value is -1.32. The molecule has 2 nitrogen and oxygen atoms in total. The fraction of sp³-hybridized carbons (Fsp3) is 0.0909. The summed E-state index contributed by atoms with van der Waals surface area (Å²) in [6.45, 7) is 0. The van der Waals surface area contributed by atoms with Gasteiger partial charge < -0.3 is 9.52 Å². The number of aliphatic hydroxyl groups is 1. The normalized spacial score (nSPS) is 12.7. The highest BCUT2D eigenvalue weighted by molar-refractivity contribution is 6.28. The molecular weight excluding hydrogens is 219 g/mol. The van der Waals surface area contributed by atoms with E-state index >= 15 is 0 Å². The fourth-order valence-electron chi connectivity index (χ4n) is 1.28. The molecule has 1 N–H and O–H groups in total. The summed E-state index contributed by atoms with van der Waals surface area (Å²) in [5.41, 5.74) is 0.558. The highest BCUT2D eigenvalue weighted by atomic mass is 35.5. The Balaban J connectivity index is 2.28. The summed E-state index contributed by atoms with van der Waals surface area (Å²) >= 11 is 5.58. The van der Waals surface area contributed by atoms with E-state index in [4.69, 9.17) is 16.0 Å². The van der Waals surface area contributed by atoms with Crippen LogP contribution in [0, 0.1) is 5.82 Å². The van der Waals surface area contributed by atoms with E-state index in [2.05, 4.69) is 0 Å². The first-order valence-corrected chi connectivity index (χ1v) is 4.73. The average Bonchev–Trinajstić information content (AvgIpc) is 2.65. The summed E-state index contributed by atoms with van der Waals surface area (Å²) in [5, 5.41) is 10.0. The first kappa shape index (κ1) is 10.2. The maximum Gasteiger partial charge on any atom is 0.193 e. The van der Waals surface area contributed by atoms with Crippen molar-refractivity contribution in [3.05, 3.63) is 58.8 Å². The highest BCUT2D eigenvalue weighted by Gasteiger charge is 2.14. The maximum atomic E-state index is 12.6. The van der Waals surface area contributed by atoms with Crippen molar-refractivity contribution >= 4 is 11.6 Å². The highest BCUT2D eigenvalue weighted by Crippen LogP contribution is 2.25. The Morgan fingerprint density at radius 1 is 1.13 bits per heavy atom. The minimum atomic E-state index is -0.918. The summed E-state index contributed by atoms with van der Waals surface area (Å²) < 4.78 is 17.7. The quantitative estimate of drug-likeness (QED) is 0.853. The van der Waals surface area contributed by atoms with Crippen molar-refractivity contribution in [1.82, 2.24) is 0 Å². The van der Waals surface area contributed by atoms with Gasteiger partial charge in [0.1, 0.15) is 17.7 Å². The van der Waals surface area contributed by atoms with Gasteiger partial charge in [0, 0.05) is 0 Å². The lowest BCUT2D eigenvalue weighted by molar-refractivity contribution is 0.189. The van der Waals surface area contributed by atoms with Crippen molar-refractivity contribution in [2.24, 2.45) is 0 Å². The predicted octanol–water partition coefficient (Wildman–Crippen LogP) is 3.15. The SMILES string of the molecule is OC(c1ccc(F)cc1)c1ccc(Cl)o1. The molecule has 78 valence electrons. The molecule has 2 aromatic rings. The Morgan fingerprint density at radius 2 is 1.80 bits per heavy atom. The van der Waals surface area contributed by atoms with Crippen LogP contribution in [-0.2, 0) is 0 Å². The Bertz CT molecular complexity index is 450. The third-order valence-electron chi connectivity index (χ3n) is 2.05. The van der Waals surface area contributed by atoms with E-state index in [1.54, 1.807) is 12.1 Å². The Labute approximate surface area is 90.9 Å². The van der Waals surface area contributed by atoms with Gasteiger partial charge in [-0.2, -0.15) is 0 Å². The molecule has 4 heteroatoms. The lowest BCUT2D eigenvalue weighted by Gasteiger charge is -2.07. The number of aliphatic hydroxyl groups excluding tert-OH is 1. The van der Waals surface area contributed by atoms with Crippen LogP contribution in [0.5, 0.6) is 0 Å². The third kappa shape index (κ3) is 2.19. The number of benzene rings is 1. The largest absolute Gasteiger partial charge is 0.447 e. The van der Waals surface area contributed by atoms with Crippen LogP contribution < -0.4 is 0 Å². The van der Waals surface area contributed by atoms with E-state index in [0.29, 0.717) is 11.3 Å². The summed E-state index contributed by atoms with van der Waals surface area (Å²) in [6.07, 6.45) is -0.918. The van der Waals surface area contributed by atoms with Gasteiger partial charge in [0.25, 0.3) is 0 Å². The third-order valence-corrected chi connectivity index (χ3v) is 2.25. The molecule has 0 spiro atoms. The van der Waals surface area contributed by atoms with E-state index in [9.17, 15) is 9.50 Å². The zero-order chi connectivity index (χ0) is 10.8. The summed E-state index contributed by atoms with van der Waals surface area (Å²) in [5.74, 6) is -0.00460. The predicted molar refractivity (Wildman–Crippen MR) is 54.2 cm³/mol. The molecule has 0 aliphatic carbocycles. The van der Waals surface area contributed by atoms with Crippen LogP contribution in [0.3, 0.4) is 0 Å². The molecule has 0 radical (unpaired) electrons. The molecule has 0 aliphatic rings. The lowest BCUT2D eigenvalue weighted by Crippen LogP contribution is -1.97. The van der Waals surface area contributed by atoms with Gasteiger partial charge in [-0.15, -0.1) is 0 Å². The molecule has 0 fully saturated rings. The second-order valence-electron chi connectivity index (χ2n) is 3.10.